The summed E-state index contributed by atoms with van der Waals surface area (Å²) in [7, 11) is 3.08. The Morgan fingerprint density at radius 3 is 2.32 bits per heavy atom. The Kier molecular flexibility index (Phi) is 5.67. The predicted molar refractivity (Wildman–Crippen MR) is 95.6 cm³/mol. The lowest BCUT2D eigenvalue weighted by atomic mass is 9.99. The van der Waals surface area contributed by atoms with Gasteiger partial charge in [-0.15, -0.1) is 0 Å². The summed E-state index contributed by atoms with van der Waals surface area (Å²) in [6.45, 7) is 0.320. The summed E-state index contributed by atoms with van der Waals surface area (Å²) in [4.78, 5) is 14.0. The van der Waals surface area contributed by atoms with Crippen LogP contribution in [0.25, 0.3) is 0 Å². The van der Waals surface area contributed by atoms with Gasteiger partial charge in [0.15, 0.2) is 18.1 Å². The van der Waals surface area contributed by atoms with E-state index < -0.39 is 18.3 Å². The largest absolute Gasteiger partial charge is 0.493 e. The van der Waals surface area contributed by atoms with E-state index in [1.807, 2.05) is 12.1 Å². The third kappa shape index (κ3) is 4.16. The average Bonchev–Trinajstić information content (AvgIpc) is 2.69. The van der Waals surface area contributed by atoms with Crippen LogP contribution in [0.3, 0.4) is 0 Å². The highest BCUT2D eigenvalue weighted by Gasteiger charge is 2.34. The molecule has 5 nitrogen and oxygen atoms in total. The fraction of sp³-hybridized carbons (Fsp3) is 0.350. The molecular formula is C20H20F3NO4. The Bertz CT molecular complexity index is 867. The van der Waals surface area contributed by atoms with Gasteiger partial charge >= 0.3 is 6.18 Å². The molecule has 0 saturated heterocycles. The van der Waals surface area contributed by atoms with Gasteiger partial charge in [0.25, 0.3) is 5.91 Å². The van der Waals surface area contributed by atoms with E-state index >= 15 is 0 Å². The molecule has 1 heterocycles. The van der Waals surface area contributed by atoms with Crippen molar-refractivity contribution in [3.63, 3.8) is 0 Å². The molecule has 0 saturated carbocycles. The predicted octanol–water partition coefficient (Wildman–Crippen LogP) is 3.69. The summed E-state index contributed by atoms with van der Waals surface area (Å²) in [5.74, 6) is 0.448. The van der Waals surface area contributed by atoms with Gasteiger partial charge in [-0.3, -0.25) is 4.79 Å². The summed E-state index contributed by atoms with van der Waals surface area (Å²) in [6, 6.07) is 8.54. The van der Waals surface area contributed by atoms with Gasteiger partial charge in [0, 0.05) is 13.1 Å². The molecule has 2 aromatic rings. The summed E-state index contributed by atoms with van der Waals surface area (Å²) >= 11 is 0. The summed E-state index contributed by atoms with van der Waals surface area (Å²) in [6.07, 6.45) is -3.93. The first kappa shape index (κ1) is 19.9. The van der Waals surface area contributed by atoms with Crippen molar-refractivity contribution in [2.24, 2.45) is 0 Å². The van der Waals surface area contributed by atoms with Crippen LogP contribution >= 0.6 is 0 Å². The van der Waals surface area contributed by atoms with Gasteiger partial charge in [0.1, 0.15) is 5.75 Å². The van der Waals surface area contributed by atoms with E-state index in [2.05, 4.69) is 0 Å². The molecule has 0 fully saturated rings. The smallest absolute Gasteiger partial charge is 0.419 e. The number of hydrogen-bond acceptors (Lipinski definition) is 4. The second-order valence-corrected chi connectivity index (χ2v) is 6.32. The molecule has 28 heavy (non-hydrogen) atoms. The molecule has 1 aliphatic heterocycles. The second-order valence-electron chi connectivity index (χ2n) is 6.32. The number of ether oxygens (including phenoxy) is 3. The molecule has 0 atom stereocenters. The molecule has 1 aliphatic rings. The van der Waals surface area contributed by atoms with E-state index in [0.717, 1.165) is 17.2 Å². The number of alkyl halides is 3. The minimum Gasteiger partial charge on any atom is -0.493 e. The van der Waals surface area contributed by atoms with E-state index in [0.29, 0.717) is 31.0 Å². The van der Waals surface area contributed by atoms with Gasteiger partial charge in [0.05, 0.1) is 19.8 Å². The quantitative estimate of drug-likeness (QED) is 0.775. The zero-order valence-corrected chi connectivity index (χ0v) is 15.5. The van der Waals surface area contributed by atoms with E-state index in [1.54, 1.807) is 12.0 Å². The highest BCUT2D eigenvalue weighted by atomic mass is 19.4. The summed E-state index contributed by atoms with van der Waals surface area (Å²) in [5.41, 5.74) is 1.06. The van der Waals surface area contributed by atoms with Crippen LogP contribution in [0, 0.1) is 0 Å². The number of rotatable bonds is 5. The van der Waals surface area contributed by atoms with E-state index in [1.165, 1.54) is 25.3 Å². The Labute approximate surface area is 160 Å². The van der Waals surface area contributed by atoms with Crippen LogP contribution in [-0.2, 0) is 23.9 Å². The molecule has 0 aromatic heterocycles. The zero-order valence-electron chi connectivity index (χ0n) is 15.5. The van der Waals surface area contributed by atoms with Crippen molar-refractivity contribution in [2.75, 3.05) is 27.4 Å². The average molecular weight is 395 g/mol. The lowest BCUT2D eigenvalue weighted by Crippen LogP contribution is -2.39. The number of benzene rings is 2. The molecule has 0 N–H and O–H groups in total. The molecule has 150 valence electrons. The maximum atomic E-state index is 13.0. The van der Waals surface area contributed by atoms with Crippen LogP contribution in [-0.4, -0.2) is 38.2 Å². The van der Waals surface area contributed by atoms with Gasteiger partial charge in [-0.05, 0) is 41.8 Å². The Balaban J connectivity index is 1.69. The minimum absolute atomic E-state index is 0.332. The molecule has 1 amide bonds. The third-order valence-corrected chi connectivity index (χ3v) is 4.61. The number of fused-ring (bicyclic) bond motifs is 1. The van der Waals surface area contributed by atoms with E-state index in [9.17, 15) is 18.0 Å². The molecule has 3 rings (SSSR count). The first-order valence-electron chi connectivity index (χ1n) is 8.64. The van der Waals surface area contributed by atoms with Crippen molar-refractivity contribution >= 4 is 5.91 Å². The first-order chi connectivity index (χ1) is 13.3. The number of hydrogen-bond donors (Lipinski definition) is 0. The van der Waals surface area contributed by atoms with Crippen LogP contribution in [0.2, 0.25) is 0 Å². The van der Waals surface area contributed by atoms with Crippen molar-refractivity contribution < 1.29 is 32.2 Å². The summed E-state index contributed by atoms with van der Waals surface area (Å²) < 4.78 is 54.9. The van der Waals surface area contributed by atoms with Gasteiger partial charge in [-0.1, -0.05) is 12.1 Å². The highest BCUT2D eigenvalue weighted by Crippen LogP contribution is 2.36. The molecule has 0 bridgehead atoms. The van der Waals surface area contributed by atoms with E-state index in [4.69, 9.17) is 14.2 Å². The zero-order chi connectivity index (χ0) is 20.3. The molecule has 0 spiro atoms. The van der Waals surface area contributed by atoms with Crippen molar-refractivity contribution in [3.8, 4) is 17.2 Å². The maximum absolute atomic E-state index is 13.0. The van der Waals surface area contributed by atoms with Crippen LogP contribution in [0.1, 0.15) is 16.7 Å². The minimum atomic E-state index is -4.54. The monoisotopic (exact) mass is 395 g/mol. The standard InChI is InChI=1S/C20H20F3NO4/c1-26-17-9-13-7-8-24(11-14(13)10-18(17)27-2)19(25)12-28-16-6-4-3-5-15(16)20(21,22)23/h3-6,9-10H,7-8,11-12H2,1-2H3. The number of methoxy groups -OCH3 is 2. The number of halogens is 3. The van der Waals surface area contributed by atoms with Gasteiger partial charge in [0.2, 0.25) is 0 Å². The Morgan fingerprint density at radius 1 is 1.04 bits per heavy atom. The summed E-state index contributed by atoms with van der Waals surface area (Å²) in [5, 5.41) is 0. The van der Waals surface area contributed by atoms with Crippen LogP contribution in [0.4, 0.5) is 13.2 Å². The third-order valence-electron chi connectivity index (χ3n) is 4.61. The molecule has 0 radical (unpaired) electrons. The number of nitrogens with zero attached hydrogens (tertiary/aromatic N) is 1. The number of amides is 1. The van der Waals surface area contributed by atoms with E-state index in [-0.39, 0.29) is 11.7 Å². The number of para-hydroxylation sites is 1. The van der Waals surface area contributed by atoms with Gasteiger partial charge in [-0.25, -0.2) is 0 Å². The lowest BCUT2D eigenvalue weighted by Gasteiger charge is -2.29. The van der Waals surface area contributed by atoms with Crippen molar-refractivity contribution in [1.82, 2.24) is 4.90 Å². The lowest BCUT2D eigenvalue weighted by molar-refractivity contribution is -0.141. The Hall–Kier alpha value is -2.90. The fourth-order valence-corrected chi connectivity index (χ4v) is 3.15. The van der Waals surface area contributed by atoms with Crippen molar-refractivity contribution in [1.29, 1.82) is 0 Å². The van der Waals surface area contributed by atoms with Crippen LogP contribution < -0.4 is 14.2 Å². The number of carbonyl (C=O) groups is 1. The van der Waals surface area contributed by atoms with Crippen LogP contribution in [0.15, 0.2) is 36.4 Å². The Morgan fingerprint density at radius 2 is 1.68 bits per heavy atom. The maximum Gasteiger partial charge on any atom is 0.419 e. The van der Waals surface area contributed by atoms with Crippen LogP contribution in [0.5, 0.6) is 17.2 Å². The highest BCUT2D eigenvalue weighted by molar-refractivity contribution is 5.78. The fourth-order valence-electron chi connectivity index (χ4n) is 3.15. The molecule has 0 unspecified atom stereocenters. The first-order valence-corrected chi connectivity index (χ1v) is 8.64. The molecule has 0 aliphatic carbocycles. The van der Waals surface area contributed by atoms with Gasteiger partial charge in [-0.2, -0.15) is 13.2 Å². The topological polar surface area (TPSA) is 48.0 Å². The molecule has 8 heteroatoms. The van der Waals surface area contributed by atoms with Crippen molar-refractivity contribution in [2.45, 2.75) is 19.1 Å². The number of carbonyl (C=O) groups excluding carboxylic acids is 1. The second kappa shape index (κ2) is 8.00. The van der Waals surface area contributed by atoms with Crippen molar-refractivity contribution in [3.05, 3.63) is 53.1 Å². The SMILES string of the molecule is COc1cc2c(cc1OC)CN(C(=O)COc1ccccc1C(F)(F)F)CC2. The molecule has 2 aromatic carbocycles. The molecular weight excluding hydrogens is 375 g/mol. The van der Waals surface area contributed by atoms with Gasteiger partial charge < -0.3 is 19.1 Å². The normalized spacial score (nSPS) is 13.7.